The molecule has 1 unspecified atom stereocenters. The molecule has 2 aliphatic rings. The van der Waals surface area contributed by atoms with Crippen molar-refractivity contribution in [2.45, 2.75) is 51.0 Å². The van der Waals surface area contributed by atoms with Crippen LogP contribution in [0.25, 0.3) is 0 Å². The van der Waals surface area contributed by atoms with Crippen LogP contribution < -0.4 is 4.74 Å². The smallest absolute Gasteiger partial charge is 0.256 e. The number of ether oxygens (including phenoxy) is 2. The summed E-state index contributed by atoms with van der Waals surface area (Å²) in [6.45, 7) is 4.89. The zero-order valence-corrected chi connectivity index (χ0v) is 20.2. The molecule has 0 aliphatic carbocycles. The molecule has 1 atom stereocenters. The van der Waals surface area contributed by atoms with Crippen molar-refractivity contribution in [2.24, 2.45) is 0 Å². The van der Waals surface area contributed by atoms with Gasteiger partial charge in [-0.15, -0.1) is 0 Å². The van der Waals surface area contributed by atoms with Crippen LogP contribution in [0, 0.1) is 0 Å². The number of hydrogen-bond donors (Lipinski definition) is 0. The third-order valence-electron chi connectivity index (χ3n) is 6.82. The lowest BCUT2D eigenvalue weighted by Gasteiger charge is -2.44. The number of hydrogen-bond acceptors (Lipinski definition) is 4. The Balaban J connectivity index is 1.58. The van der Waals surface area contributed by atoms with Gasteiger partial charge in [0.15, 0.2) is 5.60 Å². The fraction of sp³-hybridized carbons (Fsp3) is 0.500. The Labute approximate surface area is 202 Å². The normalized spacial score (nSPS) is 21.9. The van der Waals surface area contributed by atoms with E-state index in [4.69, 9.17) is 9.47 Å². The maximum absolute atomic E-state index is 14.0. The van der Waals surface area contributed by atoms with Crippen molar-refractivity contribution in [2.75, 3.05) is 39.4 Å². The Hall–Kier alpha value is -2.86. The lowest BCUT2D eigenvalue weighted by atomic mass is 9.90. The summed E-state index contributed by atoms with van der Waals surface area (Å²) in [4.78, 5) is 30.9. The van der Waals surface area contributed by atoms with Crippen molar-refractivity contribution >= 4 is 11.8 Å². The van der Waals surface area contributed by atoms with Gasteiger partial charge in [0, 0.05) is 18.7 Å². The molecular formula is C28H36N2O4. The van der Waals surface area contributed by atoms with E-state index in [0.29, 0.717) is 51.4 Å². The molecule has 4 rings (SSSR count). The second-order valence-electron chi connectivity index (χ2n) is 9.24. The van der Waals surface area contributed by atoms with Crippen LogP contribution in [-0.2, 0) is 16.0 Å². The zero-order chi connectivity index (χ0) is 23.8. The van der Waals surface area contributed by atoms with E-state index in [-0.39, 0.29) is 11.8 Å². The van der Waals surface area contributed by atoms with Crippen molar-refractivity contribution in [3.05, 3.63) is 65.7 Å². The highest BCUT2D eigenvalue weighted by atomic mass is 16.5. The summed E-state index contributed by atoms with van der Waals surface area (Å²) in [5.41, 5.74) is 0.844. The summed E-state index contributed by atoms with van der Waals surface area (Å²) in [7, 11) is 0. The number of unbranched alkanes of at least 4 members (excludes halogenated alkanes) is 1. The van der Waals surface area contributed by atoms with Gasteiger partial charge in [-0.3, -0.25) is 9.59 Å². The molecule has 2 aromatic carbocycles. The molecule has 182 valence electrons. The number of para-hydroxylation sites is 1. The fourth-order valence-corrected chi connectivity index (χ4v) is 4.90. The zero-order valence-electron chi connectivity index (χ0n) is 20.2. The highest BCUT2D eigenvalue weighted by molar-refractivity contribution is 5.95. The molecule has 1 saturated heterocycles. The first-order valence-corrected chi connectivity index (χ1v) is 12.6. The van der Waals surface area contributed by atoms with E-state index >= 15 is 0 Å². The third-order valence-corrected chi connectivity index (χ3v) is 6.82. The molecule has 6 nitrogen and oxygen atoms in total. The van der Waals surface area contributed by atoms with E-state index in [1.807, 2.05) is 53.4 Å². The SMILES string of the molecule is CCCCN1CCOc2ccccc2CCCCC2(CN(C(=O)c3ccccc3)CCO2)C1=O. The molecule has 0 radical (unpaired) electrons. The maximum Gasteiger partial charge on any atom is 0.256 e. The van der Waals surface area contributed by atoms with Crippen LogP contribution in [0.2, 0.25) is 0 Å². The van der Waals surface area contributed by atoms with Crippen LogP contribution in [-0.4, -0.2) is 66.6 Å². The molecule has 0 aromatic heterocycles. The molecule has 0 bridgehead atoms. The molecule has 6 heteroatoms. The summed E-state index contributed by atoms with van der Waals surface area (Å²) in [6.07, 6.45) is 5.20. The molecule has 1 fully saturated rings. The summed E-state index contributed by atoms with van der Waals surface area (Å²) in [5.74, 6) is 0.859. The van der Waals surface area contributed by atoms with Crippen LogP contribution in [0.15, 0.2) is 54.6 Å². The number of nitrogens with zero attached hydrogens (tertiary/aromatic N) is 2. The minimum absolute atomic E-state index is 0.0102. The summed E-state index contributed by atoms with van der Waals surface area (Å²) < 4.78 is 12.4. The minimum Gasteiger partial charge on any atom is -0.491 e. The third kappa shape index (κ3) is 5.61. The van der Waals surface area contributed by atoms with Gasteiger partial charge in [0.2, 0.25) is 0 Å². The molecule has 0 saturated carbocycles. The number of aryl methyl sites for hydroxylation is 1. The van der Waals surface area contributed by atoms with Gasteiger partial charge in [-0.1, -0.05) is 49.7 Å². The van der Waals surface area contributed by atoms with E-state index in [9.17, 15) is 9.59 Å². The predicted molar refractivity (Wildman–Crippen MR) is 132 cm³/mol. The monoisotopic (exact) mass is 464 g/mol. The molecule has 0 N–H and O–H groups in total. The number of carbonyl (C=O) groups is 2. The highest BCUT2D eigenvalue weighted by Gasteiger charge is 2.46. The van der Waals surface area contributed by atoms with Gasteiger partial charge in [-0.05, 0) is 55.9 Å². The molecule has 2 heterocycles. The second kappa shape index (κ2) is 11.5. The largest absolute Gasteiger partial charge is 0.491 e. The van der Waals surface area contributed by atoms with Crippen LogP contribution in [0.1, 0.15) is 54.9 Å². The molecule has 1 spiro atoms. The van der Waals surface area contributed by atoms with Crippen molar-refractivity contribution in [1.82, 2.24) is 9.80 Å². The first-order valence-electron chi connectivity index (χ1n) is 12.6. The number of rotatable bonds is 4. The van der Waals surface area contributed by atoms with Gasteiger partial charge in [-0.2, -0.15) is 0 Å². The average Bonchev–Trinajstić information content (AvgIpc) is 2.88. The number of fused-ring (bicyclic) bond motifs is 1. The van der Waals surface area contributed by atoms with Gasteiger partial charge in [0.25, 0.3) is 11.8 Å². The van der Waals surface area contributed by atoms with Crippen LogP contribution >= 0.6 is 0 Å². The molecule has 34 heavy (non-hydrogen) atoms. The van der Waals surface area contributed by atoms with Crippen molar-refractivity contribution in [3.8, 4) is 5.75 Å². The van der Waals surface area contributed by atoms with Crippen LogP contribution in [0.4, 0.5) is 0 Å². The Morgan fingerprint density at radius 2 is 1.79 bits per heavy atom. The Morgan fingerprint density at radius 3 is 2.62 bits per heavy atom. The average molecular weight is 465 g/mol. The first kappa shape index (κ1) is 24.3. The lowest BCUT2D eigenvalue weighted by molar-refractivity contribution is -0.170. The van der Waals surface area contributed by atoms with E-state index in [1.165, 1.54) is 5.56 Å². The highest BCUT2D eigenvalue weighted by Crippen LogP contribution is 2.30. The fourth-order valence-electron chi connectivity index (χ4n) is 4.90. The second-order valence-corrected chi connectivity index (χ2v) is 9.24. The van der Waals surface area contributed by atoms with Gasteiger partial charge in [0.05, 0.1) is 19.7 Å². The van der Waals surface area contributed by atoms with E-state index in [1.54, 1.807) is 4.90 Å². The van der Waals surface area contributed by atoms with E-state index < -0.39 is 5.60 Å². The van der Waals surface area contributed by atoms with Gasteiger partial charge in [-0.25, -0.2) is 0 Å². The summed E-state index contributed by atoms with van der Waals surface area (Å²) >= 11 is 0. The van der Waals surface area contributed by atoms with Crippen LogP contribution in [0.5, 0.6) is 5.75 Å². The van der Waals surface area contributed by atoms with Gasteiger partial charge < -0.3 is 19.3 Å². The summed E-state index contributed by atoms with van der Waals surface area (Å²) in [6, 6.07) is 17.5. The molecule has 2 aromatic rings. The van der Waals surface area contributed by atoms with Gasteiger partial charge in [0.1, 0.15) is 12.4 Å². The molecule has 2 aliphatic heterocycles. The molecular weight excluding hydrogens is 428 g/mol. The summed E-state index contributed by atoms with van der Waals surface area (Å²) in [5, 5.41) is 0. The standard InChI is InChI=1S/C28H36N2O4/c1-2-3-17-29-18-20-33-25-15-8-7-11-23(25)12-9-10-16-28(27(29)32)22-30(19-21-34-28)26(31)24-13-5-4-6-14-24/h4-8,11,13-15H,2-3,9-10,12,16-22H2,1H3. The first-order chi connectivity index (χ1) is 16.6. The Kier molecular flexibility index (Phi) is 8.22. The van der Waals surface area contributed by atoms with Gasteiger partial charge >= 0.3 is 0 Å². The van der Waals surface area contributed by atoms with Crippen molar-refractivity contribution in [3.63, 3.8) is 0 Å². The molecule has 2 amide bonds. The number of carbonyl (C=O) groups excluding carboxylic acids is 2. The minimum atomic E-state index is -1.00. The van der Waals surface area contributed by atoms with Crippen molar-refractivity contribution in [1.29, 1.82) is 0 Å². The Morgan fingerprint density at radius 1 is 1.00 bits per heavy atom. The lowest BCUT2D eigenvalue weighted by Crippen LogP contribution is -2.62. The maximum atomic E-state index is 14.0. The topological polar surface area (TPSA) is 59.1 Å². The number of morpholine rings is 1. The van der Waals surface area contributed by atoms with Crippen LogP contribution in [0.3, 0.4) is 0 Å². The predicted octanol–water partition coefficient (Wildman–Crippen LogP) is 4.33. The quantitative estimate of drug-likeness (QED) is 0.676. The van der Waals surface area contributed by atoms with E-state index in [0.717, 1.165) is 37.9 Å². The number of amides is 2. The van der Waals surface area contributed by atoms with E-state index in [2.05, 4.69) is 13.0 Å². The number of benzene rings is 2. The van der Waals surface area contributed by atoms with Crippen molar-refractivity contribution < 1.29 is 19.1 Å². The Bertz CT molecular complexity index is 964.